The third-order valence-corrected chi connectivity index (χ3v) is 3.94. The Hall–Kier alpha value is -2.17. The van der Waals surface area contributed by atoms with Crippen molar-refractivity contribution in [3.8, 4) is 0 Å². The highest BCUT2D eigenvalue weighted by Gasteiger charge is 2.21. The third kappa shape index (κ3) is 3.60. The normalized spacial score (nSPS) is 12.4. The van der Waals surface area contributed by atoms with Crippen molar-refractivity contribution in [2.24, 2.45) is 0 Å². The predicted octanol–water partition coefficient (Wildman–Crippen LogP) is 3.29. The van der Waals surface area contributed by atoms with Gasteiger partial charge in [0.25, 0.3) is 5.91 Å². The van der Waals surface area contributed by atoms with E-state index in [4.69, 9.17) is 9.47 Å². The molecular weight excluding hydrogens is 290 g/mol. The highest BCUT2D eigenvalue weighted by atomic mass is 16.7. The summed E-state index contributed by atoms with van der Waals surface area (Å²) >= 11 is 0. The van der Waals surface area contributed by atoms with Gasteiger partial charge in [-0.05, 0) is 35.7 Å². The highest BCUT2D eigenvalue weighted by Crippen LogP contribution is 2.27. The summed E-state index contributed by atoms with van der Waals surface area (Å²) in [7, 11) is 3.08. The lowest BCUT2D eigenvalue weighted by Gasteiger charge is -2.23. The standard InChI is InChI=1S/C19H23NO3/c1-12-10-11-15-8-6-7-9-16(15)17(12)13(2)18(21)20-14(3)19(22-4)23-5/h6-11,14,19H,2H2,1,3-5H3,(H,20,21). The molecule has 0 saturated carbocycles. The second-order valence-corrected chi connectivity index (χ2v) is 5.56. The number of amides is 1. The summed E-state index contributed by atoms with van der Waals surface area (Å²) < 4.78 is 10.3. The van der Waals surface area contributed by atoms with Crippen LogP contribution in [0.15, 0.2) is 43.0 Å². The minimum Gasteiger partial charge on any atom is -0.354 e. The number of rotatable bonds is 6. The Labute approximate surface area is 137 Å². The van der Waals surface area contributed by atoms with Crippen molar-refractivity contribution in [1.82, 2.24) is 5.32 Å². The van der Waals surface area contributed by atoms with Crippen molar-refractivity contribution in [2.75, 3.05) is 14.2 Å². The molecule has 0 radical (unpaired) electrons. The van der Waals surface area contributed by atoms with Crippen molar-refractivity contribution in [3.05, 3.63) is 54.1 Å². The largest absolute Gasteiger partial charge is 0.354 e. The molecule has 0 fully saturated rings. The van der Waals surface area contributed by atoms with E-state index in [1.165, 1.54) is 0 Å². The number of carbonyl (C=O) groups excluding carboxylic acids is 1. The van der Waals surface area contributed by atoms with E-state index in [9.17, 15) is 4.79 Å². The lowest BCUT2D eigenvalue weighted by atomic mass is 9.94. The molecule has 23 heavy (non-hydrogen) atoms. The quantitative estimate of drug-likeness (QED) is 0.657. The van der Waals surface area contributed by atoms with Crippen LogP contribution in [-0.4, -0.2) is 32.5 Å². The molecule has 0 saturated heterocycles. The van der Waals surface area contributed by atoms with E-state index < -0.39 is 6.29 Å². The van der Waals surface area contributed by atoms with E-state index in [2.05, 4.69) is 11.9 Å². The van der Waals surface area contributed by atoms with Gasteiger partial charge in [0, 0.05) is 19.8 Å². The van der Waals surface area contributed by atoms with Gasteiger partial charge in [-0.25, -0.2) is 0 Å². The first-order valence-electron chi connectivity index (χ1n) is 7.53. The number of hydrogen-bond donors (Lipinski definition) is 1. The first-order chi connectivity index (χ1) is 11.0. The number of nitrogens with one attached hydrogen (secondary N) is 1. The molecule has 0 aliphatic carbocycles. The van der Waals surface area contributed by atoms with Gasteiger partial charge in [-0.15, -0.1) is 0 Å². The van der Waals surface area contributed by atoms with Crippen LogP contribution in [0, 0.1) is 6.92 Å². The molecule has 1 N–H and O–H groups in total. The summed E-state index contributed by atoms with van der Waals surface area (Å²) in [6.07, 6.45) is -0.500. The summed E-state index contributed by atoms with van der Waals surface area (Å²) in [6, 6.07) is 11.7. The number of benzene rings is 2. The van der Waals surface area contributed by atoms with E-state index in [1.807, 2.05) is 50.2 Å². The van der Waals surface area contributed by atoms with Crippen LogP contribution in [0.1, 0.15) is 18.1 Å². The van der Waals surface area contributed by atoms with Crippen LogP contribution in [0.3, 0.4) is 0 Å². The molecule has 4 nitrogen and oxygen atoms in total. The van der Waals surface area contributed by atoms with Gasteiger partial charge in [-0.1, -0.05) is 43.0 Å². The number of ether oxygens (including phenoxy) is 2. The van der Waals surface area contributed by atoms with Crippen LogP contribution >= 0.6 is 0 Å². The maximum Gasteiger partial charge on any atom is 0.251 e. The van der Waals surface area contributed by atoms with Gasteiger partial charge in [0.05, 0.1) is 6.04 Å². The monoisotopic (exact) mass is 313 g/mol. The number of carbonyl (C=O) groups is 1. The average molecular weight is 313 g/mol. The minimum absolute atomic E-state index is 0.226. The Morgan fingerprint density at radius 2 is 1.78 bits per heavy atom. The van der Waals surface area contributed by atoms with Crippen molar-refractivity contribution in [2.45, 2.75) is 26.2 Å². The average Bonchev–Trinajstić information content (AvgIpc) is 2.55. The van der Waals surface area contributed by atoms with E-state index in [1.54, 1.807) is 14.2 Å². The van der Waals surface area contributed by atoms with Crippen LogP contribution in [0.4, 0.5) is 0 Å². The third-order valence-electron chi connectivity index (χ3n) is 3.94. The Morgan fingerprint density at radius 3 is 2.43 bits per heavy atom. The topological polar surface area (TPSA) is 47.6 Å². The molecule has 2 rings (SSSR count). The summed E-state index contributed by atoms with van der Waals surface area (Å²) in [4.78, 5) is 12.6. The molecule has 0 aliphatic heterocycles. The molecular formula is C19H23NO3. The number of fused-ring (bicyclic) bond motifs is 1. The Morgan fingerprint density at radius 1 is 1.13 bits per heavy atom. The van der Waals surface area contributed by atoms with Gasteiger partial charge in [-0.3, -0.25) is 4.79 Å². The molecule has 0 aliphatic rings. The first-order valence-corrected chi connectivity index (χ1v) is 7.53. The molecule has 0 bridgehead atoms. The zero-order chi connectivity index (χ0) is 17.0. The van der Waals surface area contributed by atoms with Crippen molar-refractivity contribution in [1.29, 1.82) is 0 Å². The van der Waals surface area contributed by atoms with Crippen LogP contribution in [0.2, 0.25) is 0 Å². The second kappa shape index (κ2) is 7.40. The lowest BCUT2D eigenvalue weighted by molar-refractivity contribution is -0.132. The van der Waals surface area contributed by atoms with Crippen LogP contribution in [0.25, 0.3) is 16.3 Å². The number of aryl methyl sites for hydroxylation is 1. The predicted molar refractivity (Wildman–Crippen MR) is 93.1 cm³/mol. The highest BCUT2D eigenvalue weighted by molar-refractivity contribution is 6.22. The van der Waals surface area contributed by atoms with Crippen molar-refractivity contribution in [3.63, 3.8) is 0 Å². The molecule has 1 unspecified atom stereocenters. The van der Waals surface area contributed by atoms with Crippen LogP contribution in [0.5, 0.6) is 0 Å². The molecule has 2 aromatic carbocycles. The molecule has 2 aromatic rings. The molecule has 0 spiro atoms. The summed E-state index contributed by atoms with van der Waals surface area (Å²) in [5, 5.41) is 4.99. The van der Waals surface area contributed by atoms with E-state index in [-0.39, 0.29) is 11.9 Å². The number of methoxy groups -OCH3 is 2. The SMILES string of the molecule is C=C(C(=O)NC(C)C(OC)OC)c1c(C)ccc2ccccc12. The fraction of sp³-hybridized carbons (Fsp3) is 0.316. The fourth-order valence-corrected chi connectivity index (χ4v) is 2.76. The Bertz CT molecular complexity index is 720. The summed E-state index contributed by atoms with van der Waals surface area (Å²) in [5.74, 6) is -0.226. The van der Waals surface area contributed by atoms with E-state index >= 15 is 0 Å². The van der Waals surface area contributed by atoms with Crippen LogP contribution < -0.4 is 5.32 Å². The van der Waals surface area contributed by atoms with E-state index in [0.717, 1.165) is 21.9 Å². The van der Waals surface area contributed by atoms with Gasteiger partial charge in [0.15, 0.2) is 6.29 Å². The molecule has 122 valence electrons. The summed E-state index contributed by atoms with van der Waals surface area (Å²) in [6.45, 7) is 7.82. The molecule has 1 atom stereocenters. The van der Waals surface area contributed by atoms with Crippen LogP contribution in [-0.2, 0) is 14.3 Å². The first kappa shape index (κ1) is 17.2. The molecule has 0 heterocycles. The van der Waals surface area contributed by atoms with E-state index in [0.29, 0.717) is 5.57 Å². The molecule has 4 heteroatoms. The van der Waals surface area contributed by atoms with Gasteiger partial charge >= 0.3 is 0 Å². The van der Waals surface area contributed by atoms with Crippen molar-refractivity contribution >= 4 is 22.3 Å². The van der Waals surface area contributed by atoms with Gasteiger partial charge < -0.3 is 14.8 Å². The number of hydrogen-bond acceptors (Lipinski definition) is 3. The van der Waals surface area contributed by atoms with Gasteiger partial charge in [0.2, 0.25) is 0 Å². The molecule has 1 amide bonds. The summed E-state index contributed by atoms with van der Waals surface area (Å²) in [5.41, 5.74) is 2.34. The maximum absolute atomic E-state index is 12.6. The second-order valence-electron chi connectivity index (χ2n) is 5.56. The lowest BCUT2D eigenvalue weighted by Crippen LogP contribution is -2.43. The zero-order valence-corrected chi connectivity index (χ0v) is 14.1. The van der Waals surface area contributed by atoms with Crippen molar-refractivity contribution < 1.29 is 14.3 Å². The van der Waals surface area contributed by atoms with Gasteiger partial charge in [0.1, 0.15) is 0 Å². The zero-order valence-electron chi connectivity index (χ0n) is 14.1. The Kier molecular flexibility index (Phi) is 5.53. The smallest absolute Gasteiger partial charge is 0.251 e. The maximum atomic E-state index is 12.6. The molecule has 0 aromatic heterocycles. The Balaban J connectivity index is 2.30. The minimum atomic E-state index is -0.500. The van der Waals surface area contributed by atoms with Gasteiger partial charge in [-0.2, -0.15) is 0 Å². The fourth-order valence-electron chi connectivity index (χ4n) is 2.76.